The number of carbonyl (C=O) groups is 1. The summed E-state index contributed by atoms with van der Waals surface area (Å²) in [6, 6.07) is 9.73. The minimum Gasteiger partial charge on any atom is -0.406 e. The smallest absolute Gasteiger partial charge is 0.406 e. The Hall–Kier alpha value is -3.43. The van der Waals surface area contributed by atoms with Gasteiger partial charge in [-0.25, -0.2) is 16.8 Å². The maximum Gasteiger partial charge on any atom is 0.573 e. The van der Waals surface area contributed by atoms with Crippen molar-refractivity contribution in [1.29, 1.82) is 0 Å². The van der Waals surface area contributed by atoms with Gasteiger partial charge in [-0.05, 0) is 61.2 Å². The normalized spacial score (nSPS) is 18.1. The molecule has 0 saturated carbocycles. The first-order valence-electron chi connectivity index (χ1n) is 11.2. The van der Waals surface area contributed by atoms with Crippen LogP contribution in [0.15, 0.2) is 52.9 Å². The Morgan fingerprint density at radius 1 is 1.16 bits per heavy atom. The van der Waals surface area contributed by atoms with Crippen LogP contribution < -0.4 is 14.8 Å². The number of piperidine rings is 1. The van der Waals surface area contributed by atoms with E-state index in [-0.39, 0.29) is 37.3 Å². The molecule has 4 rings (SSSR count). The van der Waals surface area contributed by atoms with Gasteiger partial charge in [-0.15, -0.1) is 13.2 Å². The van der Waals surface area contributed by atoms with E-state index in [1.54, 1.807) is 19.1 Å². The van der Waals surface area contributed by atoms with Crippen LogP contribution in [0.1, 0.15) is 29.5 Å². The monoisotopic (exact) mass is 572 g/mol. The summed E-state index contributed by atoms with van der Waals surface area (Å²) in [6.07, 6.45) is -3.29. The van der Waals surface area contributed by atoms with Gasteiger partial charge in [0.15, 0.2) is 0 Å². The van der Waals surface area contributed by atoms with Crippen molar-refractivity contribution in [3.8, 4) is 5.75 Å². The molecule has 204 valence electrons. The van der Waals surface area contributed by atoms with Crippen molar-refractivity contribution in [3.63, 3.8) is 0 Å². The number of aryl methyl sites for hydroxylation is 1. The number of sulfonamides is 1. The number of amidine groups is 1. The quantitative estimate of drug-likeness (QED) is 0.437. The molecule has 38 heavy (non-hydrogen) atoms. The minimum atomic E-state index is -4.87. The third kappa shape index (κ3) is 6.34. The van der Waals surface area contributed by atoms with Gasteiger partial charge in [0.2, 0.25) is 20.9 Å². The minimum absolute atomic E-state index is 0.00643. The summed E-state index contributed by atoms with van der Waals surface area (Å²) >= 11 is 0. The Morgan fingerprint density at radius 3 is 2.50 bits per heavy atom. The van der Waals surface area contributed by atoms with E-state index in [0.717, 1.165) is 17.5 Å². The molecule has 1 fully saturated rings. The highest BCUT2D eigenvalue weighted by molar-refractivity contribution is 7.92. The van der Waals surface area contributed by atoms with Crippen molar-refractivity contribution in [2.45, 2.75) is 31.7 Å². The second kappa shape index (κ2) is 10.4. The summed E-state index contributed by atoms with van der Waals surface area (Å²) in [4.78, 5) is 17.2. The third-order valence-corrected chi connectivity index (χ3v) is 8.15. The number of benzene rings is 2. The number of halogens is 3. The highest BCUT2D eigenvalue weighted by Gasteiger charge is 2.47. The molecule has 0 aromatic heterocycles. The van der Waals surface area contributed by atoms with Crippen molar-refractivity contribution in [2.75, 3.05) is 17.8 Å². The van der Waals surface area contributed by atoms with Crippen LogP contribution in [0.5, 0.6) is 5.75 Å². The molecular weight excluding hydrogens is 549 g/mol. The third-order valence-electron chi connectivity index (χ3n) is 6.14. The number of thiol groups is 1. The van der Waals surface area contributed by atoms with Crippen molar-refractivity contribution >= 4 is 44.4 Å². The predicted molar refractivity (Wildman–Crippen MR) is 134 cm³/mol. The molecule has 1 spiro atoms. The zero-order chi connectivity index (χ0) is 27.7. The number of anilines is 1. The summed E-state index contributed by atoms with van der Waals surface area (Å²) in [7, 11) is -6.66. The number of nitrogens with zero attached hydrogens (tertiary/aromatic N) is 2. The molecule has 0 bridgehead atoms. The molecule has 2 aromatic rings. The Labute approximate surface area is 218 Å². The molecule has 0 aliphatic carbocycles. The van der Waals surface area contributed by atoms with Gasteiger partial charge in [-0.3, -0.25) is 14.5 Å². The molecule has 1 saturated heterocycles. The molecule has 2 aliphatic heterocycles. The molecule has 1 amide bonds. The summed E-state index contributed by atoms with van der Waals surface area (Å²) in [6.45, 7) is 1.72. The number of hydrogen-bond donors (Lipinski definition) is 3. The molecule has 0 atom stereocenters. The van der Waals surface area contributed by atoms with Gasteiger partial charge in [-0.2, -0.15) is 4.31 Å². The van der Waals surface area contributed by atoms with Gasteiger partial charge >= 0.3 is 6.36 Å². The fourth-order valence-corrected chi connectivity index (χ4v) is 5.76. The van der Waals surface area contributed by atoms with Gasteiger partial charge in [0, 0.05) is 29.7 Å². The number of hydrogen-bond acceptors (Lipinski definition) is 7. The number of nitrogens with one attached hydrogen (secondary N) is 2. The average molecular weight is 573 g/mol. The van der Waals surface area contributed by atoms with Crippen LogP contribution in [0, 0.1) is 6.92 Å². The topological polar surface area (TPSA) is 134 Å². The van der Waals surface area contributed by atoms with E-state index in [2.05, 4.69) is 19.8 Å². The van der Waals surface area contributed by atoms with Crippen LogP contribution in [0.25, 0.3) is 6.08 Å². The van der Waals surface area contributed by atoms with Crippen LogP contribution in [0.4, 0.5) is 18.9 Å². The Balaban J connectivity index is 1.45. The maximum atomic E-state index is 12.9. The number of alkyl halides is 3. The Morgan fingerprint density at radius 2 is 1.87 bits per heavy atom. The summed E-state index contributed by atoms with van der Waals surface area (Å²) < 4.78 is 92.5. The lowest BCUT2D eigenvalue weighted by molar-refractivity contribution is -0.274. The lowest BCUT2D eigenvalue weighted by atomic mass is 9.89. The number of ether oxygens (including phenoxy) is 1. The van der Waals surface area contributed by atoms with Crippen molar-refractivity contribution in [1.82, 2.24) is 9.62 Å². The van der Waals surface area contributed by atoms with Gasteiger partial charge in [0.1, 0.15) is 17.1 Å². The lowest BCUT2D eigenvalue weighted by Crippen LogP contribution is -2.50. The predicted octanol–water partition coefficient (Wildman–Crippen LogP) is 2.54. The van der Waals surface area contributed by atoms with Gasteiger partial charge < -0.3 is 10.1 Å². The highest BCUT2D eigenvalue weighted by atomic mass is 32.2. The average Bonchev–Trinajstić information content (AvgIpc) is 3.13. The Kier molecular flexibility index (Phi) is 7.54. The van der Waals surface area contributed by atoms with Crippen LogP contribution in [0.2, 0.25) is 0 Å². The van der Waals surface area contributed by atoms with E-state index in [0.29, 0.717) is 16.8 Å². The van der Waals surface area contributed by atoms with Crippen molar-refractivity contribution in [2.24, 2.45) is 4.99 Å². The number of amides is 1. The van der Waals surface area contributed by atoms with Crippen LogP contribution in [-0.2, 0) is 25.7 Å². The molecule has 15 heteroatoms. The van der Waals surface area contributed by atoms with Crippen LogP contribution in [0.3, 0.4) is 0 Å². The molecule has 2 heterocycles. The van der Waals surface area contributed by atoms with E-state index in [9.17, 15) is 34.8 Å². The largest absolute Gasteiger partial charge is 0.573 e. The Bertz CT molecular complexity index is 1490. The van der Waals surface area contributed by atoms with Crippen LogP contribution >= 0.6 is 0 Å². The van der Waals surface area contributed by atoms with Crippen LogP contribution in [-0.4, -0.2) is 57.9 Å². The SMILES string of the molecule is Cc1cc(N[SH](=O)=O)ccc1C=CS(=O)(=O)N1CCC2(CC1)N=C(c1cccc(OC(F)(F)F)c1)NC2=O. The molecule has 0 unspecified atom stereocenters. The van der Waals surface area contributed by atoms with Gasteiger partial charge in [0.25, 0.3) is 5.91 Å². The number of carbonyl (C=O) groups excluding carboxylic acids is 1. The van der Waals surface area contributed by atoms with Crippen molar-refractivity contribution < 1.29 is 39.5 Å². The molecule has 0 radical (unpaired) electrons. The summed E-state index contributed by atoms with van der Waals surface area (Å²) in [5.41, 5.74) is 0.594. The maximum absolute atomic E-state index is 12.9. The molecule has 2 aromatic carbocycles. The van der Waals surface area contributed by atoms with E-state index in [4.69, 9.17) is 0 Å². The summed E-state index contributed by atoms with van der Waals surface area (Å²) in [5.74, 6) is -0.817. The zero-order valence-corrected chi connectivity index (χ0v) is 21.6. The molecule has 2 aliphatic rings. The first-order chi connectivity index (χ1) is 17.8. The van der Waals surface area contributed by atoms with Gasteiger partial charge in [0.05, 0.1) is 0 Å². The van der Waals surface area contributed by atoms with Crippen molar-refractivity contribution in [3.05, 3.63) is 64.6 Å². The van der Waals surface area contributed by atoms with E-state index >= 15 is 0 Å². The fraction of sp³-hybridized carbons (Fsp3) is 0.304. The standard InChI is InChI=1S/C23H23F3N4O6S2/c1-15-13-18(29-37(32)33)6-5-16(15)7-12-38(34,35)30-10-8-22(9-11-30)21(31)27-20(28-22)17-3-2-4-19(14-17)36-23(24,25)26/h2-7,12-14,37H,8-11H2,1H3,(H,27,28,31)(H,29,32,33). The second-order valence-electron chi connectivity index (χ2n) is 8.71. The van der Waals surface area contributed by atoms with E-state index < -0.39 is 44.5 Å². The van der Waals surface area contributed by atoms with E-state index in [1.165, 1.54) is 28.6 Å². The second-order valence-corrected chi connectivity index (χ2v) is 11.3. The zero-order valence-electron chi connectivity index (χ0n) is 19.9. The molecule has 10 nitrogen and oxygen atoms in total. The summed E-state index contributed by atoms with van der Waals surface area (Å²) in [5, 5.41) is 3.64. The first-order valence-corrected chi connectivity index (χ1v) is 13.9. The highest BCUT2D eigenvalue weighted by Crippen LogP contribution is 2.33. The van der Waals surface area contributed by atoms with E-state index in [1.807, 2.05) is 0 Å². The molecule has 2 N–H and O–H groups in total. The lowest BCUT2D eigenvalue weighted by Gasteiger charge is -2.34. The van der Waals surface area contributed by atoms with Gasteiger partial charge in [-0.1, -0.05) is 18.2 Å². The number of rotatable bonds is 7. The number of aliphatic imine (C=N–C) groups is 1. The first kappa shape index (κ1) is 27.6. The fourth-order valence-electron chi connectivity index (χ4n) is 4.23. The molecular formula is C23H23F3N4O6S2.